The molecule has 0 aromatic carbocycles. The third-order valence-electron chi connectivity index (χ3n) is 2.06. The van der Waals surface area contributed by atoms with Crippen LogP contribution in [0.2, 0.25) is 0 Å². The number of ether oxygens (including phenoxy) is 1. The monoisotopic (exact) mass is 185 g/mol. The fourth-order valence-electron chi connectivity index (χ4n) is 1.11. The van der Waals surface area contributed by atoms with Gasteiger partial charge in [-0.2, -0.15) is 5.26 Å². The quantitative estimate of drug-likeness (QED) is 0.657. The van der Waals surface area contributed by atoms with Gasteiger partial charge in [-0.1, -0.05) is 13.8 Å². The Morgan fingerprint density at radius 3 is 2.31 bits per heavy atom. The molecule has 0 aromatic rings. The molecule has 0 amide bonds. The first-order valence-corrected chi connectivity index (χ1v) is 4.08. The molecule has 0 aliphatic rings. The van der Waals surface area contributed by atoms with Gasteiger partial charge in [-0.3, -0.25) is 4.79 Å². The highest BCUT2D eigenvalue weighted by molar-refractivity contribution is 5.80. The van der Waals surface area contributed by atoms with Crippen molar-refractivity contribution in [3.63, 3.8) is 0 Å². The highest BCUT2D eigenvalue weighted by Gasteiger charge is 2.43. The molecule has 0 aliphatic heterocycles. The van der Waals surface area contributed by atoms with Crippen LogP contribution >= 0.6 is 0 Å². The van der Waals surface area contributed by atoms with Gasteiger partial charge in [0.15, 0.2) is 5.41 Å². The Labute approximate surface area is 78.1 Å². The van der Waals surface area contributed by atoms with Crippen molar-refractivity contribution in [3.05, 3.63) is 0 Å². The zero-order valence-corrected chi connectivity index (χ0v) is 8.37. The molecule has 13 heavy (non-hydrogen) atoms. The molecule has 0 saturated heterocycles. The number of nitriles is 1. The fraction of sp³-hybridized carbons (Fsp3) is 0.778. The molecule has 0 fully saturated rings. The van der Waals surface area contributed by atoms with E-state index in [1.807, 2.05) is 0 Å². The molecule has 0 aromatic heterocycles. The molecule has 1 N–H and O–H groups in total. The Bertz CT molecular complexity index is 232. The Hall–Kier alpha value is -1.08. The number of nitrogens with zero attached hydrogens (tertiary/aromatic N) is 1. The molecule has 4 heteroatoms. The first kappa shape index (κ1) is 11.9. The summed E-state index contributed by atoms with van der Waals surface area (Å²) in [5, 5.41) is 18.4. The maximum absolute atomic E-state index is 11.2. The Morgan fingerprint density at radius 2 is 2.08 bits per heavy atom. The first-order chi connectivity index (χ1) is 5.90. The van der Waals surface area contributed by atoms with Gasteiger partial charge >= 0.3 is 5.97 Å². The topological polar surface area (TPSA) is 70.3 Å². The number of aliphatic hydroxyl groups excluding tert-OH is 1. The smallest absolute Gasteiger partial charge is 0.328 e. The van der Waals surface area contributed by atoms with E-state index in [0.29, 0.717) is 0 Å². The van der Waals surface area contributed by atoms with E-state index in [2.05, 4.69) is 4.74 Å². The first-order valence-electron chi connectivity index (χ1n) is 4.08. The van der Waals surface area contributed by atoms with Crippen molar-refractivity contribution in [3.8, 4) is 6.07 Å². The van der Waals surface area contributed by atoms with Crippen LogP contribution in [0.5, 0.6) is 0 Å². The summed E-state index contributed by atoms with van der Waals surface area (Å²) in [7, 11) is 1.20. The summed E-state index contributed by atoms with van der Waals surface area (Å²) in [5.41, 5.74) is -1.47. The van der Waals surface area contributed by atoms with Crippen molar-refractivity contribution < 1.29 is 14.6 Å². The summed E-state index contributed by atoms with van der Waals surface area (Å²) in [5.74, 6) is -0.861. The second-order valence-corrected chi connectivity index (χ2v) is 3.49. The van der Waals surface area contributed by atoms with E-state index >= 15 is 0 Å². The summed E-state index contributed by atoms with van der Waals surface area (Å²) >= 11 is 0. The average Bonchev–Trinajstić information content (AvgIpc) is 2.13. The van der Waals surface area contributed by atoms with Crippen LogP contribution in [0, 0.1) is 22.7 Å². The molecular weight excluding hydrogens is 170 g/mol. The standard InChI is InChI=1S/C9H15NO3/c1-6(2)7(11)9(3,5-10)8(12)13-4/h6-7,11H,1-4H3/t7-,9-/m0/s1. The molecule has 0 heterocycles. The maximum Gasteiger partial charge on any atom is 0.328 e. The predicted octanol–water partition coefficient (Wildman–Crippen LogP) is 0.706. The molecule has 0 aliphatic carbocycles. The zero-order valence-electron chi connectivity index (χ0n) is 8.37. The van der Waals surface area contributed by atoms with Crippen LogP contribution in [-0.2, 0) is 9.53 Å². The van der Waals surface area contributed by atoms with Crippen LogP contribution in [0.3, 0.4) is 0 Å². The van der Waals surface area contributed by atoms with E-state index < -0.39 is 17.5 Å². The largest absolute Gasteiger partial charge is 0.468 e. The van der Waals surface area contributed by atoms with Crippen molar-refractivity contribution in [2.75, 3.05) is 7.11 Å². The number of rotatable bonds is 3. The second kappa shape index (κ2) is 4.24. The Kier molecular flexibility index (Phi) is 3.89. The van der Waals surface area contributed by atoms with Crippen molar-refractivity contribution >= 4 is 5.97 Å². The normalized spacial score (nSPS) is 17.3. The maximum atomic E-state index is 11.2. The second-order valence-electron chi connectivity index (χ2n) is 3.49. The van der Waals surface area contributed by atoms with Crippen LogP contribution in [0.15, 0.2) is 0 Å². The lowest BCUT2D eigenvalue weighted by atomic mass is 9.80. The molecule has 0 unspecified atom stereocenters. The van der Waals surface area contributed by atoms with Crippen LogP contribution < -0.4 is 0 Å². The molecule has 2 atom stereocenters. The van der Waals surface area contributed by atoms with E-state index in [0.717, 1.165) is 0 Å². The summed E-state index contributed by atoms with van der Waals surface area (Å²) in [6, 6.07) is 1.79. The number of carbonyl (C=O) groups is 1. The van der Waals surface area contributed by atoms with Crippen molar-refractivity contribution in [2.24, 2.45) is 11.3 Å². The van der Waals surface area contributed by atoms with Crippen LogP contribution in [-0.4, -0.2) is 24.3 Å². The Morgan fingerprint density at radius 1 is 1.62 bits per heavy atom. The van der Waals surface area contributed by atoms with Crippen molar-refractivity contribution in [2.45, 2.75) is 26.9 Å². The predicted molar refractivity (Wildman–Crippen MR) is 46.6 cm³/mol. The summed E-state index contributed by atoms with van der Waals surface area (Å²) < 4.78 is 4.46. The summed E-state index contributed by atoms with van der Waals surface area (Å²) in [6.07, 6.45) is -1.01. The van der Waals surface area contributed by atoms with Gasteiger partial charge in [-0.05, 0) is 12.8 Å². The molecule has 0 saturated carbocycles. The number of esters is 1. The highest BCUT2D eigenvalue weighted by atomic mass is 16.5. The number of hydrogen-bond donors (Lipinski definition) is 1. The van der Waals surface area contributed by atoms with Gasteiger partial charge in [-0.15, -0.1) is 0 Å². The van der Waals surface area contributed by atoms with Gasteiger partial charge in [-0.25, -0.2) is 0 Å². The van der Waals surface area contributed by atoms with Crippen LogP contribution in [0.1, 0.15) is 20.8 Å². The summed E-state index contributed by atoms with van der Waals surface area (Å²) in [6.45, 7) is 4.86. The van der Waals surface area contributed by atoms with Gasteiger partial charge < -0.3 is 9.84 Å². The van der Waals surface area contributed by atoms with Crippen LogP contribution in [0.4, 0.5) is 0 Å². The molecular formula is C9H15NO3. The minimum absolute atomic E-state index is 0.163. The Balaban J connectivity index is 4.86. The number of aliphatic hydroxyl groups is 1. The molecule has 0 bridgehead atoms. The molecule has 0 radical (unpaired) electrons. The molecule has 74 valence electrons. The van der Waals surface area contributed by atoms with Crippen LogP contribution in [0.25, 0.3) is 0 Å². The molecule has 0 rings (SSSR count). The summed E-state index contributed by atoms with van der Waals surface area (Å²) in [4.78, 5) is 11.2. The van der Waals surface area contributed by atoms with Gasteiger partial charge in [0.05, 0.1) is 19.3 Å². The number of methoxy groups -OCH3 is 1. The third-order valence-corrected chi connectivity index (χ3v) is 2.06. The minimum atomic E-state index is -1.47. The molecule has 0 spiro atoms. The van der Waals surface area contributed by atoms with E-state index in [4.69, 9.17) is 5.26 Å². The van der Waals surface area contributed by atoms with Crippen molar-refractivity contribution in [1.82, 2.24) is 0 Å². The lowest BCUT2D eigenvalue weighted by Crippen LogP contribution is -2.42. The number of hydrogen-bond acceptors (Lipinski definition) is 4. The van der Waals surface area contributed by atoms with E-state index in [1.54, 1.807) is 19.9 Å². The third kappa shape index (κ3) is 2.19. The highest BCUT2D eigenvalue weighted by Crippen LogP contribution is 2.27. The fourth-order valence-corrected chi connectivity index (χ4v) is 1.11. The lowest BCUT2D eigenvalue weighted by Gasteiger charge is -2.27. The van der Waals surface area contributed by atoms with Crippen molar-refractivity contribution in [1.29, 1.82) is 5.26 Å². The molecule has 4 nitrogen and oxygen atoms in total. The minimum Gasteiger partial charge on any atom is -0.468 e. The van der Waals surface area contributed by atoms with Gasteiger partial charge in [0.1, 0.15) is 0 Å². The van der Waals surface area contributed by atoms with E-state index in [1.165, 1.54) is 14.0 Å². The van der Waals surface area contributed by atoms with Gasteiger partial charge in [0.2, 0.25) is 0 Å². The number of carbonyl (C=O) groups excluding carboxylic acids is 1. The van der Waals surface area contributed by atoms with E-state index in [-0.39, 0.29) is 5.92 Å². The zero-order chi connectivity index (χ0) is 10.6. The average molecular weight is 185 g/mol. The van der Waals surface area contributed by atoms with Gasteiger partial charge in [0.25, 0.3) is 0 Å². The lowest BCUT2D eigenvalue weighted by molar-refractivity contribution is -0.155. The van der Waals surface area contributed by atoms with Gasteiger partial charge in [0, 0.05) is 0 Å². The van der Waals surface area contributed by atoms with E-state index in [9.17, 15) is 9.90 Å². The SMILES string of the molecule is COC(=O)[C@@](C)(C#N)[C@@H](O)C(C)C.